The number of methoxy groups -OCH3 is 2. The standard InChI is InChI=1S/C15H12ClN5O4/c1-24-15(25-2)14(7-18)11(13(14,6-17)12(19)20-15)9-5-8(21(22)23)3-4-10(9)16/h3-5,11H,1-2H3,(H2,19,20)/t11-,13-,14-/m1/s1. The molecule has 1 aromatic carbocycles. The van der Waals surface area contributed by atoms with E-state index in [0.717, 1.165) is 0 Å². The van der Waals surface area contributed by atoms with Gasteiger partial charge in [-0.05, 0) is 11.6 Å². The SMILES string of the molecule is COC1(OC)N=C(N)[C@@]2(C#N)[C@@H](c3cc([N+](=O)[O-])ccc3Cl)[C@@]12C#N. The Bertz CT molecular complexity index is 900. The third-order valence-corrected chi connectivity index (χ3v) is 5.33. The van der Waals surface area contributed by atoms with Crippen LogP contribution < -0.4 is 5.73 Å². The van der Waals surface area contributed by atoms with Crippen LogP contribution >= 0.6 is 11.6 Å². The van der Waals surface area contributed by atoms with Crippen molar-refractivity contribution in [3.05, 3.63) is 38.9 Å². The molecule has 1 aliphatic carbocycles. The van der Waals surface area contributed by atoms with Gasteiger partial charge in [0, 0.05) is 37.3 Å². The number of fused-ring (bicyclic) bond motifs is 1. The number of nitrogens with two attached hydrogens (primary N) is 1. The molecule has 0 amide bonds. The molecule has 0 aromatic heterocycles. The summed E-state index contributed by atoms with van der Waals surface area (Å²) >= 11 is 6.21. The van der Waals surface area contributed by atoms with Crippen molar-refractivity contribution in [2.24, 2.45) is 21.6 Å². The zero-order chi connectivity index (χ0) is 18.6. The number of hydrogen-bond acceptors (Lipinski definition) is 8. The summed E-state index contributed by atoms with van der Waals surface area (Å²) in [6.07, 6.45) is 0. The molecule has 3 atom stereocenters. The Morgan fingerprint density at radius 3 is 2.48 bits per heavy atom. The number of hydrogen-bond donors (Lipinski definition) is 1. The van der Waals surface area contributed by atoms with Crippen molar-refractivity contribution >= 4 is 23.1 Å². The summed E-state index contributed by atoms with van der Waals surface area (Å²) in [6, 6.07) is 7.90. The number of rotatable bonds is 4. The molecule has 0 saturated heterocycles. The number of non-ortho nitro benzene ring substituents is 1. The molecule has 0 unspecified atom stereocenters. The van der Waals surface area contributed by atoms with Crippen molar-refractivity contribution in [3.63, 3.8) is 0 Å². The van der Waals surface area contributed by atoms with Crippen molar-refractivity contribution in [2.45, 2.75) is 11.8 Å². The van der Waals surface area contributed by atoms with Crippen LogP contribution in [0.1, 0.15) is 11.5 Å². The number of ether oxygens (including phenoxy) is 2. The quantitative estimate of drug-likeness (QED) is 0.487. The Morgan fingerprint density at radius 2 is 2.00 bits per heavy atom. The van der Waals surface area contributed by atoms with Crippen molar-refractivity contribution in [2.75, 3.05) is 14.2 Å². The van der Waals surface area contributed by atoms with Gasteiger partial charge in [-0.1, -0.05) is 11.6 Å². The van der Waals surface area contributed by atoms with Gasteiger partial charge in [0.1, 0.15) is 11.3 Å². The highest BCUT2D eigenvalue weighted by molar-refractivity contribution is 6.31. The lowest BCUT2D eigenvalue weighted by molar-refractivity contribution is -0.384. The summed E-state index contributed by atoms with van der Waals surface area (Å²) < 4.78 is 10.6. The minimum absolute atomic E-state index is 0.132. The average Bonchev–Trinajstić information content (AvgIpc) is 3.17. The van der Waals surface area contributed by atoms with Crippen LogP contribution in [0, 0.1) is 43.6 Å². The number of aliphatic imine (C=N–C) groups is 1. The molecule has 0 bridgehead atoms. The molecule has 25 heavy (non-hydrogen) atoms. The normalized spacial score (nSPS) is 31.4. The van der Waals surface area contributed by atoms with Gasteiger partial charge in [-0.2, -0.15) is 10.5 Å². The van der Waals surface area contributed by atoms with E-state index in [1.165, 1.54) is 32.4 Å². The molecular formula is C15H12ClN5O4. The lowest BCUT2D eigenvalue weighted by atomic mass is 9.93. The molecular weight excluding hydrogens is 350 g/mol. The highest BCUT2D eigenvalue weighted by Gasteiger charge is 2.93. The molecule has 2 aliphatic rings. The first-order valence-corrected chi connectivity index (χ1v) is 7.42. The van der Waals surface area contributed by atoms with Crippen LogP contribution in [0.5, 0.6) is 0 Å². The first-order valence-electron chi connectivity index (χ1n) is 7.04. The Labute approximate surface area is 147 Å². The Balaban J connectivity index is 2.29. The summed E-state index contributed by atoms with van der Waals surface area (Å²) in [7, 11) is 2.55. The maximum Gasteiger partial charge on any atom is 0.292 e. The lowest BCUT2D eigenvalue weighted by Gasteiger charge is -2.29. The van der Waals surface area contributed by atoms with Gasteiger partial charge >= 0.3 is 0 Å². The van der Waals surface area contributed by atoms with Crippen LogP contribution in [0.3, 0.4) is 0 Å². The maximum absolute atomic E-state index is 11.1. The summed E-state index contributed by atoms with van der Waals surface area (Å²) in [5.41, 5.74) is 2.83. The Morgan fingerprint density at radius 1 is 1.36 bits per heavy atom. The van der Waals surface area contributed by atoms with Crippen LogP contribution in [0.2, 0.25) is 5.02 Å². The van der Waals surface area contributed by atoms with Gasteiger partial charge in [0.2, 0.25) is 0 Å². The van der Waals surface area contributed by atoms with Gasteiger partial charge in [0.15, 0.2) is 5.41 Å². The minimum atomic E-state index is -1.81. The van der Waals surface area contributed by atoms with E-state index in [9.17, 15) is 20.6 Å². The van der Waals surface area contributed by atoms with E-state index >= 15 is 0 Å². The summed E-state index contributed by atoms with van der Waals surface area (Å²) in [6.45, 7) is 0. The number of nitro benzene ring substituents is 1. The topological polar surface area (TPSA) is 148 Å². The van der Waals surface area contributed by atoms with Crippen molar-refractivity contribution in [1.82, 2.24) is 0 Å². The van der Waals surface area contributed by atoms with Crippen molar-refractivity contribution in [3.8, 4) is 12.1 Å². The molecule has 3 rings (SSSR count). The largest absolute Gasteiger partial charge is 0.386 e. The molecule has 1 aliphatic heterocycles. The summed E-state index contributed by atoms with van der Waals surface area (Å²) in [5.74, 6) is -2.83. The van der Waals surface area contributed by atoms with Gasteiger partial charge in [0.05, 0.1) is 17.1 Å². The fourth-order valence-electron chi connectivity index (χ4n) is 3.85. The van der Waals surface area contributed by atoms with E-state index in [2.05, 4.69) is 11.1 Å². The predicted molar refractivity (Wildman–Crippen MR) is 85.3 cm³/mol. The fourth-order valence-corrected chi connectivity index (χ4v) is 4.08. The van der Waals surface area contributed by atoms with E-state index in [4.69, 9.17) is 26.8 Å². The molecule has 0 radical (unpaired) electrons. The molecule has 10 heteroatoms. The molecule has 128 valence electrons. The second-order valence-electron chi connectivity index (χ2n) is 5.72. The zero-order valence-corrected chi connectivity index (χ0v) is 13.9. The highest BCUT2D eigenvalue weighted by atomic mass is 35.5. The second kappa shape index (κ2) is 5.14. The van der Waals surface area contributed by atoms with E-state index < -0.39 is 27.6 Å². The van der Waals surface area contributed by atoms with Gasteiger partial charge in [-0.15, -0.1) is 0 Å². The van der Waals surface area contributed by atoms with Crippen molar-refractivity contribution < 1.29 is 14.4 Å². The van der Waals surface area contributed by atoms with E-state index in [1.54, 1.807) is 0 Å². The van der Waals surface area contributed by atoms with Gasteiger partial charge < -0.3 is 15.2 Å². The maximum atomic E-state index is 11.1. The molecule has 1 heterocycles. The number of nitriles is 2. The van der Waals surface area contributed by atoms with Crippen molar-refractivity contribution in [1.29, 1.82) is 10.5 Å². The molecule has 1 fully saturated rings. The fraction of sp³-hybridized carbons (Fsp3) is 0.400. The molecule has 9 nitrogen and oxygen atoms in total. The van der Waals surface area contributed by atoms with Crippen LogP contribution in [-0.2, 0) is 9.47 Å². The third-order valence-electron chi connectivity index (χ3n) is 4.98. The smallest absolute Gasteiger partial charge is 0.292 e. The predicted octanol–water partition coefficient (Wildman–Crippen LogP) is 1.68. The first-order chi connectivity index (χ1) is 11.8. The van der Waals surface area contributed by atoms with E-state index in [1.807, 2.05) is 6.07 Å². The van der Waals surface area contributed by atoms with Crippen LogP contribution in [0.15, 0.2) is 23.2 Å². The van der Waals surface area contributed by atoms with Gasteiger partial charge in [-0.3, -0.25) is 10.1 Å². The lowest BCUT2D eigenvalue weighted by Crippen LogP contribution is -2.41. The zero-order valence-electron chi connectivity index (χ0n) is 13.2. The van der Waals surface area contributed by atoms with Crippen LogP contribution in [0.25, 0.3) is 0 Å². The second-order valence-corrected chi connectivity index (χ2v) is 6.13. The average molecular weight is 362 g/mol. The monoisotopic (exact) mass is 361 g/mol. The number of nitro groups is 1. The minimum Gasteiger partial charge on any atom is -0.386 e. The van der Waals surface area contributed by atoms with Gasteiger partial charge in [0.25, 0.3) is 11.6 Å². The molecule has 1 saturated carbocycles. The molecule has 1 aromatic rings. The van der Waals surface area contributed by atoms with Crippen LogP contribution in [0.4, 0.5) is 5.69 Å². The highest BCUT2D eigenvalue weighted by Crippen LogP contribution is 2.82. The number of amidine groups is 1. The third kappa shape index (κ3) is 1.65. The van der Waals surface area contributed by atoms with Crippen LogP contribution in [-0.4, -0.2) is 30.9 Å². The number of nitrogens with zero attached hydrogens (tertiary/aromatic N) is 4. The number of benzene rings is 1. The van der Waals surface area contributed by atoms with E-state index in [0.29, 0.717) is 0 Å². The Kier molecular flexibility index (Phi) is 3.52. The Hall–Kier alpha value is -2.72. The summed E-state index contributed by atoms with van der Waals surface area (Å²) in [5, 5.41) is 31.0. The van der Waals surface area contributed by atoms with Gasteiger partial charge in [-0.25, -0.2) is 4.99 Å². The van der Waals surface area contributed by atoms with E-state index in [-0.39, 0.29) is 22.1 Å². The first kappa shape index (κ1) is 17.1. The number of halogens is 1. The molecule has 0 spiro atoms. The summed E-state index contributed by atoms with van der Waals surface area (Å²) in [4.78, 5) is 14.6. The molecule has 2 N–H and O–H groups in total.